The summed E-state index contributed by atoms with van der Waals surface area (Å²) in [4.78, 5) is 31.7. The molecule has 0 aliphatic carbocycles. The van der Waals surface area contributed by atoms with Crippen LogP contribution in [-0.2, 0) is 9.53 Å². The van der Waals surface area contributed by atoms with Gasteiger partial charge in [-0.25, -0.2) is 9.79 Å². The lowest BCUT2D eigenvalue weighted by Gasteiger charge is -2.24. The number of hydrogen-bond acceptors (Lipinski definition) is 5. The quantitative estimate of drug-likeness (QED) is 0.413. The van der Waals surface area contributed by atoms with E-state index in [1.807, 2.05) is 48.5 Å². The van der Waals surface area contributed by atoms with Gasteiger partial charge >= 0.3 is 5.97 Å². The van der Waals surface area contributed by atoms with Gasteiger partial charge in [0.1, 0.15) is 6.61 Å². The third-order valence-corrected chi connectivity index (χ3v) is 6.57. The predicted molar refractivity (Wildman–Crippen MR) is 132 cm³/mol. The molecule has 0 saturated heterocycles. The Kier molecular flexibility index (Phi) is 6.56. The average Bonchev–Trinajstić information content (AvgIpc) is 3.11. The van der Waals surface area contributed by atoms with Crippen molar-refractivity contribution in [3.63, 3.8) is 0 Å². The molecule has 0 saturated carbocycles. The lowest BCUT2D eigenvalue weighted by atomic mass is 9.96. The number of rotatable bonds is 6. The first-order valence-electron chi connectivity index (χ1n) is 10.9. The second-order valence-corrected chi connectivity index (χ2v) is 9.21. The molecule has 0 fully saturated rings. The van der Waals surface area contributed by atoms with Gasteiger partial charge in [0.25, 0.3) is 5.56 Å². The number of thiazole rings is 1. The molecule has 0 radical (unpaired) electrons. The lowest BCUT2D eigenvalue weighted by molar-refractivity contribution is -0.138. The number of aromatic nitrogens is 1. The van der Waals surface area contributed by atoms with Crippen LogP contribution >= 0.6 is 11.3 Å². The van der Waals surface area contributed by atoms with E-state index in [0.29, 0.717) is 26.5 Å². The molecule has 0 N–H and O–H groups in total. The summed E-state index contributed by atoms with van der Waals surface area (Å²) in [6, 6.07) is 17.1. The summed E-state index contributed by atoms with van der Waals surface area (Å²) < 4.78 is 7.52. The van der Waals surface area contributed by atoms with Crippen LogP contribution in [0, 0.1) is 0 Å². The number of allylic oxidation sites excluding steroid dienone is 1. The van der Waals surface area contributed by atoms with E-state index in [0.717, 1.165) is 11.1 Å². The minimum absolute atomic E-state index is 0.0912. The van der Waals surface area contributed by atoms with Crippen molar-refractivity contribution in [1.29, 1.82) is 0 Å². The Morgan fingerprint density at radius 3 is 2.52 bits per heavy atom. The number of esters is 1. The Morgan fingerprint density at radius 1 is 1.18 bits per heavy atom. The summed E-state index contributed by atoms with van der Waals surface area (Å²) in [7, 11) is 0. The second kappa shape index (κ2) is 9.55. The van der Waals surface area contributed by atoms with E-state index in [-0.39, 0.29) is 12.2 Å². The van der Waals surface area contributed by atoms with Crippen LogP contribution in [0.3, 0.4) is 0 Å². The van der Waals surface area contributed by atoms with Crippen LogP contribution in [0.25, 0.3) is 6.08 Å². The third-order valence-electron chi connectivity index (χ3n) is 5.59. The van der Waals surface area contributed by atoms with E-state index in [4.69, 9.17) is 4.74 Å². The molecular weight excluding hydrogens is 432 g/mol. The van der Waals surface area contributed by atoms with Crippen molar-refractivity contribution >= 4 is 23.4 Å². The van der Waals surface area contributed by atoms with Gasteiger partial charge in [-0.1, -0.05) is 92.4 Å². The fraction of sp³-hybridized carbons (Fsp3) is 0.222. The summed E-state index contributed by atoms with van der Waals surface area (Å²) in [5.41, 5.74) is 3.75. The van der Waals surface area contributed by atoms with Crippen molar-refractivity contribution in [2.24, 2.45) is 4.99 Å². The molecule has 1 atom stereocenters. The highest BCUT2D eigenvalue weighted by molar-refractivity contribution is 7.07. The molecule has 168 valence electrons. The Hall–Kier alpha value is -3.51. The highest BCUT2D eigenvalue weighted by atomic mass is 32.1. The number of hydrogen-bond donors (Lipinski definition) is 0. The highest BCUT2D eigenvalue weighted by Crippen LogP contribution is 2.30. The lowest BCUT2D eigenvalue weighted by Crippen LogP contribution is -2.39. The van der Waals surface area contributed by atoms with E-state index in [1.165, 1.54) is 23.0 Å². The number of fused-ring (bicyclic) bond motifs is 1. The Labute approximate surface area is 196 Å². The number of carbonyl (C=O) groups excluding carboxylic acids is 1. The largest absolute Gasteiger partial charge is 0.458 e. The van der Waals surface area contributed by atoms with E-state index < -0.39 is 12.0 Å². The number of nitrogens with zero attached hydrogens (tertiary/aromatic N) is 2. The summed E-state index contributed by atoms with van der Waals surface area (Å²) in [6.07, 6.45) is 3.40. The minimum Gasteiger partial charge on any atom is -0.458 e. The van der Waals surface area contributed by atoms with Crippen molar-refractivity contribution in [3.8, 4) is 0 Å². The zero-order valence-electron chi connectivity index (χ0n) is 18.9. The zero-order chi connectivity index (χ0) is 23.5. The van der Waals surface area contributed by atoms with Gasteiger partial charge in [-0.15, -0.1) is 0 Å². The Bertz CT molecular complexity index is 1390. The topological polar surface area (TPSA) is 60.7 Å². The van der Waals surface area contributed by atoms with E-state index in [1.54, 1.807) is 11.5 Å². The molecule has 1 aliphatic heterocycles. The van der Waals surface area contributed by atoms with Crippen molar-refractivity contribution in [2.45, 2.75) is 32.7 Å². The first-order chi connectivity index (χ1) is 15.9. The molecule has 1 aromatic heterocycles. The maximum Gasteiger partial charge on any atom is 0.338 e. The van der Waals surface area contributed by atoms with Crippen LogP contribution in [0.4, 0.5) is 0 Å². The normalized spacial score (nSPS) is 15.9. The van der Waals surface area contributed by atoms with Gasteiger partial charge in [-0.2, -0.15) is 0 Å². The molecule has 4 rings (SSSR count). The first kappa shape index (κ1) is 22.7. The zero-order valence-corrected chi connectivity index (χ0v) is 19.8. The van der Waals surface area contributed by atoms with Gasteiger partial charge in [-0.3, -0.25) is 9.36 Å². The van der Waals surface area contributed by atoms with Crippen molar-refractivity contribution in [3.05, 3.63) is 115 Å². The Balaban J connectivity index is 1.87. The van der Waals surface area contributed by atoms with Gasteiger partial charge in [0, 0.05) is 0 Å². The van der Waals surface area contributed by atoms with Crippen LogP contribution in [0.5, 0.6) is 0 Å². The third kappa shape index (κ3) is 4.52. The molecule has 5 nitrogen and oxygen atoms in total. The monoisotopic (exact) mass is 458 g/mol. The smallest absolute Gasteiger partial charge is 0.338 e. The summed E-state index contributed by atoms with van der Waals surface area (Å²) >= 11 is 1.33. The van der Waals surface area contributed by atoms with E-state index in [9.17, 15) is 9.59 Å². The SMILES string of the molecule is C=CCOC(=O)C1=C(C)N=c2s/c(=C\c3ccc(C(C)C)cc3)c(=O)n2[C@@H]1c1ccccc1. The molecule has 0 bridgehead atoms. The predicted octanol–water partition coefficient (Wildman–Crippen LogP) is 4.09. The van der Waals surface area contributed by atoms with Gasteiger partial charge in [0.2, 0.25) is 0 Å². The van der Waals surface area contributed by atoms with Crippen molar-refractivity contribution in [2.75, 3.05) is 6.61 Å². The minimum atomic E-state index is -0.606. The van der Waals surface area contributed by atoms with Gasteiger partial charge in [-0.05, 0) is 35.6 Å². The van der Waals surface area contributed by atoms with Crippen LogP contribution in [0.2, 0.25) is 0 Å². The van der Waals surface area contributed by atoms with Gasteiger partial charge in [0.15, 0.2) is 4.80 Å². The second-order valence-electron chi connectivity index (χ2n) is 8.20. The van der Waals surface area contributed by atoms with E-state index in [2.05, 4.69) is 37.6 Å². The fourth-order valence-electron chi connectivity index (χ4n) is 3.87. The van der Waals surface area contributed by atoms with E-state index >= 15 is 0 Å². The van der Waals surface area contributed by atoms with Gasteiger partial charge in [0.05, 0.1) is 21.8 Å². The average molecular weight is 459 g/mol. The number of benzene rings is 2. The first-order valence-corrected chi connectivity index (χ1v) is 11.7. The summed E-state index contributed by atoms with van der Waals surface area (Å²) in [5.74, 6) is -0.0546. The Morgan fingerprint density at radius 2 is 1.88 bits per heavy atom. The fourth-order valence-corrected chi connectivity index (χ4v) is 4.92. The standard InChI is InChI=1S/C27H26N2O3S/c1-5-15-32-26(31)23-18(4)28-27-29(24(23)21-9-7-6-8-10-21)25(30)22(33-27)16-19-11-13-20(14-12-19)17(2)3/h5-14,16-17,24H,1,15H2,2-4H3/b22-16-/t24-/m1/s1. The molecular formula is C27H26N2O3S. The number of ether oxygens (including phenoxy) is 1. The maximum atomic E-state index is 13.6. The molecule has 2 heterocycles. The molecule has 6 heteroatoms. The summed E-state index contributed by atoms with van der Waals surface area (Å²) in [6.45, 7) is 9.78. The van der Waals surface area contributed by atoms with Crippen LogP contribution in [0.1, 0.15) is 49.4 Å². The molecule has 2 aromatic carbocycles. The molecule has 0 unspecified atom stereocenters. The molecule has 1 aliphatic rings. The van der Waals surface area contributed by atoms with Crippen LogP contribution in [-0.4, -0.2) is 17.1 Å². The van der Waals surface area contributed by atoms with Crippen molar-refractivity contribution in [1.82, 2.24) is 4.57 Å². The van der Waals surface area contributed by atoms with Crippen LogP contribution < -0.4 is 14.9 Å². The highest BCUT2D eigenvalue weighted by Gasteiger charge is 2.33. The molecule has 0 spiro atoms. The molecule has 33 heavy (non-hydrogen) atoms. The maximum absolute atomic E-state index is 13.6. The van der Waals surface area contributed by atoms with Crippen LogP contribution in [0.15, 0.2) is 88.3 Å². The van der Waals surface area contributed by atoms with Crippen molar-refractivity contribution < 1.29 is 9.53 Å². The molecule has 0 amide bonds. The summed E-state index contributed by atoms with van der Waals surface area (Å²) in [5, 5.41) is 0. The number of carbonyl (C=O) groups is 1. The van der Waals surface area contributed by atoms with Gasteiger partial charge < -0.3 is 4.74 Å². The molecule has 3 aromatic rings.